The molecule has 1 N–H and O–H groups in total. The molecule has 0 radical (unpaired) electrons. The van der Waals surface area contributed by atoms with Crippen LogP contribution in [0.25, 0.3) is 0 Å². The Kier molecular flexibility index (Phi) is 5.01. The molecule has 0 bridgehead atoms. The molecule has 1 aromatic carbocycles. The van der Waals surface area contributed by atoms with E-state index in [-0.39, 0.29) is 5.91 Å². The standard InChI is InChI=1S/C19H23N3O/c1-14-20-12-11-18(22-14)13-21-19(23)17-9-7-16(8-10-17)15-5-3-2-4-6-15/h7-12,15H,2-6,13H2,1H3,(H,21,23). The van der Waals surface area contributed by atoms with Crippen molar-refractivity contribution in [1.82, 2.24) is 15.3 Å². The summed E-state index contributed by atoms with van der Waals surface area (Å²) >= 11 is 0. The fraction of sp³-hybridized carbons (Fsp3) is 0.421. The maximum atomic E-state index is 12.2. The average molecular weight is 309 g/mol. The van der Waals surface area contributed by atoms with E-state index < -0.39 is 0 Å². The van der Waals surface area contributed by atoms with Crippen LogP contribution < -0.4 is 5.32 Å². The number of carbonyl (C=O) groups excluding carboxylic acids is 1. The van der Waals surface area contributed by atoms with Crippen LogP contribution in [-0.4, -0.2) is 15.9 Å². The van der Waals surface area contributed by atoms with Crippen LogP contribution in [0.15, 0.2) is 36.5 Å². The Morgan fingerprint density at radius 3 is 2.57 bits per heavy atom. The van der Waals surface area contributed by atoms with Gasteiger partial charge in [-0.1, -0.05) is 31.4 Å². The second kappa shape index (κ2) is 7.36. The molecule has 0 saturated heterocycles. The number of nitrogens with one attached hydrogen (secondary N) is 1. The molecule has 1 aromatic heterocycles. The zero-order valence-electron chi connectivity index (χ0n) is 13.6. The normalized spacial score (nSPS) is 15.3. The summed E-state index contributed by atoms with van der Waals surface area (Å²) in [4.78, 5) is 20.6. The van der Waals surface area contributed by atoms with Crippen LogP contribution in [0.3, 0.4) is 0 Å². The third kappa shape index (κ3) is 4.15. The molecular weight excluding hydrogens is 286 g/mol. The predicted molar refractivity (Wildman–Crippen MR) is 90.2 cm³/mol. The first kappa shape index (κ1) is 15.7. The Balaban J connectivity index is 1.59. The highest BCUT2D eigenvalue weighted by molar-refractivity contribution is 5.94. The number of amides is 1. The Labute approximate surface area is 137 Å². The molecule has 2 aromatic rings. The minimum Gasteiger partial charge on any atom is -0.346 e. The quantitative estimate of drug-likeness (QED) is 0.935. The van der Waals surface area contributed by atoms with Crippen molar-refractivity contribution in [3.05, 3.63) is 59.2 Å². The van der Waals surface area contributed by atoms with Gasteiger partial charge < -0.3 is 5.32 Å². The van der Waals surface area contributed by atoms with Crippen LogP contribution >= 0.6 is 0 Å². The van der Waals surface area contributed by atoms with Crippen LogP contribution in [0.1, 0.15) is 65.5 Å². The Hall–Kier alpha value is -2.23. The summed E-state index contributed by atoms with van der Waals surface area (Å²) in [6, 6.07) is 9.91. The lowest BCUT2D eigenvalue weighted by atomic mass is 9.84. The number of nitrogens with zero attached hydrogens (tertiary/aromatic N) is 2. The third-order valence-corrected chi connectivity index (χ3v) is 4.51. The number of aryl methyl sites for hydroxylation is 1. The summed E-state index contributed by atoms with van der Waals surface area (Å²) in [6.07, 6.45) is 8.27. The van der Waals surface area contributed by atoms with Crippen molar-refractivity contribution >= 4 is 5.91 Å². The number of hydrogen-bond donors (Lipinski definition) is 1. The summed E-state index contributed by atoms with van der Waals surface area (Å²) in [5, 5.41) is 2.91. The van der Waals surface area contributed by atoms with Gasteiger partial charge in [-0.25, -0.2) is 9.97 Å². The first-order valence-electron chi connectivity index (χ1n) is 8.39. The van der Waals surface area contributed by atoms with Crippen molar-refractivity contribution < 1.29 is 4.79 Å². The Morgan fingerprint density at radius 1 is 1.13 bits per heavy atom. The van der Waals surface area contributed by atoms with E-state index in [2.05, 4.69) is 27.4 Å². The van der Waals surface area contributed by atoms with Crippen LogP contribution in [0.5, 0.6) is 0 Å². The van der Waals surface area contributed by atoms with Gasteiger partial charge in [0.05, 0.1) is 12.2 Å². The van der Waals surface area contributed by atoms with Gasteiger partial charge in [0.15, 0.2) is 0 Å². The molecule has 4 heteroatoms. The van der Waals surface area contributed by atoms with Crippen molar-refractivity contribution in [1.29, 1.82) is 0 Å². The average Bonchev–Trinajstić information content (AvgIpc) is 2.61. The molecule has 0 atom stereocenters. The minimum atomic E-state index is -0.0588. The van der Waals surface area contributed by atoms with Crippen molar-refractivity contribution in [2.24, 2.45) is 0 Å². The Morgan fingerprint density at radius 2 is 1.87 bits per heavy atom. The molecule has 1 fully saturated rings. The van der Waals surface area contributed by atoms with E-state index in [9.17, 15) is 4.79 Å². The van der Waals surface area contributed by atoms with Crippen molar-refractivity contribution in [2.45, 2.75) is 51.5 Å². The lowest BCUT2D eigenvalue weighted by Crippen LogP contribution is -2.23. The SMILES string of the molecule is Cc1nccc(CNC(=O)c2ccc(C3CCCCC3)cc2)n1. The van der Waals surface area contributed by atoms with E-state index in [1.165, 1.54) is 37.7 Å². The second-order valence-electron chi connectivity index (χ2n) is 6.23. The second-order valence-corrected chi connectivity index (χ2v) is 6.23. The van der Waals surface area contributed by atoms with Gasteiger partial charge in [0.25, 0.3) is 5.91 Å². The Bertz CT molecular complexity index is 661. The van der Waals surface area contributed by atoms with Crippen LogP contribution in [0, 0.1) is 6.92 Å². The molecule has 4 nitrogen and oxygen atoms in total. The van der Waals surface area contributed by atoms with E-state index >= 15 is 0 Å². The molecule has 23 heavy (non-hydrogen) atoms. The zero-order chi connectivity index (χ0) is 16.1. The molecule has 1 saturated carbocycles. The van der Waals surface area contributed by atoms with Gasteiger partial charge in [-0.05, 0) is 49.4 Å². The molecule has 0 aliphatic heterocycles. The maximum Gasteiger partial charge on any atom is 0.251 e. The van der Waals surface area contributed by atoms with Crippen molar-refractivity contribution in [2.75, 3.05) is 0 Å². The van der Waals surface area contributed by atoms with Gasteiger partial charge in [-0.2, -0.15) is 0 Å². The van der Waals surface area contributed by atoms with E-state index in [1.807, 2.05) is 25.1 Å². The zero-order valence-corrected chi connectivity index (χ0v) is 13.6. The molecule has 0 spiro atoms. The van der Waals surface area contributed by atoms with Crippen molar-refractivity contribution in [3.63, 3.8) is 0 Å². The largest absolute Gasteiger partial charge is 0.346 e. The van der Waals surface area contributed by atoms with Crippen molar-refractivity contribution in [3.8, 4) is 0 Å². The minimum absolute atomic E-state index is 0.0588. The summed E-state index contributed by atoms with van der Waals surface area (Å²) in [5.41, 5.74) is 2.90. The lowest BCUT2D eigenvalue weighted by Gasteiger charge is -2.22. The summed E-state index contributed by atoms with van der Waals surface area (Å²) in [7, 11) is 0. The molecule has 1 aliphatic carbocycles. The summed E-state index contributed by atoms with van der Waals surface area (Å²) in [5.74, 6) is 1.33. The summed E-state index contributed by atoms with van der Waals surface area (Å²) in [6.45, 7) is 2.27. The van der Waals surface area contributed by atoms with Crippen LogP contribution in [-0.2, 0) is 6.54 Å². The topological polar surface area (TPSA) is 54.9 Å². The number of carbonyl (C=O) groups is 1. The first-order valence-corrected chi connectivity index (χ1v) is 8.39. The van der Waals surface area contributed by atoms with E-state index in [0.717, 1.165) is 5.69 Å². The lowest BCUT2D eigenvalue weighted by molar-refractivity contribution is 0.0950. The highest BCUT2D eigenvalue weighted by atomic mass is 16.1. The fourth-order valence-electron chi connectivity index (χ4n) is 3.22. The van der Waals surface area contributed by atoms with E-state index in [1.54, 1.807) is 6.20 Å². The molecule has 120 valence electrons. The fourth-order valence-corrected chi connectivity index (χ4v) is 3.22. The maximum absolute atomic E-state index is 12.2. The van der Waals surface area contributed by atoms with Crippen LogP contribution in [0.4, 0.5) is 0 Å². The summed E-state index contributed by atoms with van der Waals surface area (Å²) < 4.78 is 0. The molecule has 1 heterocycles. The van der Waals surface area contributed by atoms with Gasteiger partial charge >= 0.3 is 0 Å². The highest BCUT2D eigenvalue weighted by Crippen LogP contribution is 2.32. The van der Waals surface area contributed by atoms with E-state index in [0.29, 0.717) is 23.9 Å². The number of benzene rings is 1. The smallest absolute Gasteiger partial charge is 0.251 e. The number of hydrogen-bond acceptors (Lipinski definition) is 3. The van der Waals surface area contributed by atoms with E-state index in [4.69, 9.17) is 0 Å². The third-order valence-electron chi connectivity index (χ3n) is 4.51. The predicted octanol–water partition coefficient (Wildman–Crippen LogP) is 3.76. The van der Waals surface area contributed by atoms with Gasteiger partial charge in [0.1, 0.15) is 5.82 Å². The molecular formula is C19H23N3O. The molecule has 1 aliphatic rings. The highest BCUT2D eigenvalue weighted by Gasteiger charge is 2.15. The molecule has 0 unspecified atom stereocenters. The first-order chi connectivity index (χ1) is 11.2. The van der Waals surface area contributed by atoms with Gasteiger partial charge in [-0.3, -0.25) is 4.79 Å². The number of aromatic nitrogens is 2. The van der Waals surface area contributed by atoms with Crippen LogP contribution in [0.2, 0.25) is 0 Å². The monoisotopic (exact) mass is 309 g/mol. The van der Waals surface area contributed by atoms with Gasteiger partial charge in [0.2, 0.25) is 0 Å². The molecule has 3 rings (SSSR count). The number of rotatable bonds is 4. The van der Waals surface area contributed by atoms with Gasteiger partial charge in [-0.15, -0.1) is 0 Å². The van der Waals surface area contributed by atoms with Gasteiger partial charge in [0, 0.05) is 11.8 Å². The molecule has 1 amide bonds.